The van der Waals surface area contributed by atoms with Crippen LogP contribution in [0, 0.1) is 5.92 Å². The molecule has 3 aromatic rings. The summed E-state index contributed by atoms with van der Waals surface area (Å²) in [7, 11) is 0. The molecule has 1 saturated carbocycles. The number of ether oxygens (including phenoxy) is 1. The number of nitrogens with zero attached hydrogens (tertiary/aromatic N) is 1. The van der Waals surface area contributed by atoms with Crippen molar-refractivity contribution in [3.63, 3.8) is 0 Å². The van der Waals surface area contributed by atoms with E-state index in [2.05, 4.69) is 4.98 Å². The van der Waals surface area contributed by atoms with Gasteiger partial charge in [0.1, 0.15) is 11.9 Å². The van der Waals surface area contributed by atoms with Gasteiger partial charge in [0, 0.05) is 17.3 Å². The number of pyridine rings is 1. The third-order valence-corrected chi connectivity index (χ3v) is 6.32. The van der Waals surface area contributed by atoms with Crippen LogP contribution in [-0.4, -0.2) is 16.1 Å². The molecule has 0 bridgehead atoms. The molecule has 1 fully saturated rings. The van der Waals surface area contributed by atoms with E-state index < -0.39 is 17.7 Å². The Morgan fingerprint density at radius 3 is 2.21 bits per heavy atom. The molecule has 4 rings (SSSR count). The Balaban J connectivity index is 1.54. The molecule has 1 aliphatic carbocycles. The first-order valence-electron chi connectivity index (χ1n) is 11.4. The second-order valence-electron chi connectivity index (χ2n) is 8.73. The molecule has 1 aromatic heterocycles. The smallest absolute Gasteiger partial charge is 0.416 e. The number of aromatic nitrogens is 1. The second kappa shape index (κ2) is 10.3. The molecule has 4 nitrogen and oxygen atoms in total. The van der Waals surface area contributed by atoms with Crippen LogP contribution in [0.2, 0.25) is 0 Å². The van der Waals surface area contributed by atoms with Gasteiger partial charge in [-0.3, -0.25) is 4.98 Å². The van der Waals surface area contributed by atoms with E-state index in [0.29, 0.717) is 22.9 Å². The number of carboxylic acid groups (broad SMARTS) is 1. The Morgan fingerprint density at radius 1 is 0.971 bits per heavy atom. The van der Waals surface area contributed by atoms with Gasteiger partial charge in [-0.1, -0.05) is 50.3 Å². The summed E-state index contributed by atoms with van der Waals surface area (Å²) in [4.78, 5) is 15.6. The summed E-state index contributed by atoms with van der Waals surface area (Å²) in [5.41, 5.74) is 1.57. The predicted octanol–water partition coefficient (Wildman–Crippen LogP) is 7.56. The molecule has 2 aromatic carbocycles. The van der Waals surface area contributed by atoms with Gasteiger partial charge in [0.25, 0.3) is 0 Å². The van der Waals surface area contributed by atoms with Crippen molar-refractivity contribution >= 4 is 5.97 Å². The van der Waals surface area contributed by atoms with Gasteiger partial charge < -0.3 is 9.84 Å². The normalized spacial score (nSPS) is 15.6. The molecule has 1 aliphatic rings. The Labute approximate surface area is 196 Å². The van der Waals surface area contributed by atoms with E-state index in [1.54, 1.807) is 24.4 Å². The maximum atomic E-state index is 12.8. The molecule has 0 aliphatic heterocycles. The molecule has 7 heteroatoms. The van der Waals surface area contributed by atoms with Crippen molar-refractivity contribution in [2.45, 2.75) is 50.8 Å². The minimum Gasteiger partial charge on any atom is -0.486 e. The number of hydrogen-bond donors (Lipinski definition) is 1. The molecule has 0 spiro atoms. The van der Waals surface area contributed by atoms with Crippen LogP contribution in [0.5, 0.6) is 5.75 Å². The van der Waals surface area contributed by atoms with Crippen LogP contribution in [0.3, 0.4) is 0 Å². The third kappa shape index (κ3) is 5.95. The van der Waals surface area contributed by atoms with Crippen LogP contribution in [0.4, 0.5) is 13.2 Å². The fourth-order valence-electron chi connectivity index (χ4n) is 4.41. The fourth-order valence-corrected chi connectivity index (χ4v) is 4.41. The van der Waals surface area contributed by atoms with Gasteiger partial charge in [0.05, 0.1) is 16.8 Å². The number of aromatic carboxylic acids is 1. The summed E-state index contributed by atoms with van der Waals surface area (Å²) in [6.45, 7) is 0. The molecule has 1 atom stereocenters. The van der Waals surface area contributed by atoms with E-state index in [1.807, 2.05) is 6.07 Å². The van der Waals surface area contributed by atoms with Crippen molar-refractivity contribution in [3.8, 4) is 17.0 Å². The largest absolute Gasteiger partial charge is 0.486 e. The monoisotopic (exact) mass is 469 g/mol. The van der Waals surface area contributed by atoms with Gasteiger partial charge in [0.2, 0.25) is 0 Å². The highest BCUT2D eigenvalue weighted by Gasteiger charge is 2.30. The Morgan fingerprint density at radius 2 is 1.65 bits per heavy atom. The summed E-state index contributed by atoms with van der Waals surface area (Å²) >= 11 is 0. The predicted molar refractivity (Wildman–Crippen MR) is 123 cm³/mol. The van der Waals surface area contributed by atoms with E-state index >= 15 is 0 Å². The zero-order chi connectivity index (χ0) is 24.1. The molecule has 1 unspecified atom stereocenters. The molecule has 1 heterocycles. The van der Waals surface area contributed by atoms with Gasteiger partial charge >= 0.3 is 12.1 Å². The Kier molecular flexibility index (Phi) is 7.20. The summed E-state index contributed by atoms with van der Waals surface area (Å²) in [5.74, 6) is 0.123. The van der Waals surface area contributed by atoms with Crippen molar-refractivity contribution in [1.82, 2.24) is 4.98 Å². The van der Waals surface area contributed by atoms with E-state index in [9.17, 15) is 18.0 Å². The van der Waals surface area contributed by atoms with Crippen molar-refractivity contribution < 1.29 is 27.8 Å². The first-order valence-corrected chi connectivity index (χ1v) is 11.4. The lowest BCUT2D eigenvalue weighted by Gasteiger charge is -2.27. The zero-order valence-corrected chi connectivity index (χ0v) is 18.6. The molecule has 34 heavy (non-hydrogen) atoms. The van der Waals surface area contributed by atoms with Crippen molar-refractivity contribution in [1.29, 1.82) is 0 Å². The quantitative estimate of drug-likeness (QED) is 0.388. The van der Waals surface area contributed by atoms with Gasteiger partial charge in [-0.15, -0.1) is 0 Å². The van der Waals surface area contributed by atoms with Gasteiger partial charge in [-0.05, 0) is 54.8 Å². The highest BCUT2D eigenvalue weighted by molar-refractivity contribution is 5.87. The molecule has 1 N–H and O–H groups in total. The van der Waals surface area contributed by atoms with Gasteiger partial charge in [-0.25, -0.2) is 4.79 Å². The fraction of sp³-hybridized carbons (Fsp3) is 0.333. The summed E-state index contributed by atoms with van der Waals surface area (Å²) < 4.78 is 44.8. The van der Waals surface area contributed by atoms with Gasteiger partial charge in [-0.2, -0.15) is 13.2 Å². The summed E-state index contributed by atoms with van der Waals surface area (Å²) in [5, 5.41) is 9.12. The standard InChI is InChI=1S/C27H26F3NO3/c28-27(29,30)22-11-6-19(7-12-22)24-15-10-21(17-31-24)25(16-18-4-2-1-3-5-18)34-23-13-8-20(9-14-23)26(32)33/h6-15,17-18,25H,1-5,16H2,(H,32,33). The lowest BCUT2D eigenvalue weighted by atomic mass is 9.84. The summed E-state index contributed by atoms with van der Waals surface area (Å²) in [6, 6.07) is 15.0. The first kappa shape index (κ1) is 23.8. The van der Waals surface area contributed by atoms with Crippen LogP contribution >= 0.6 is 0 Å². The van der Waals surface area contributed by atoms with Crippen LogP contribution < -0.4 is 4.74 Å². The number of hydrogen-bond acceptors (Lipinski definition) is 3. The maximum absolute atomic E-state index is 12.8. The van der Waals surface area contributed by atoms with Crippen LogP contribution in [-0.2, 0) is 6.18 Å². The van der Waals surface area contributed by atoms with E-state index in [1.165, 1.54) is 43.5 Å². The topological polar surface area (TPSA) is 59.4 Å². The maximum Gasteiger partial charge on any atom is 0.416 e. The number of carbonyl (C=O) groups is 1. The Bertz CT molecular complexity index is 1090. The van der Waals surface area contributed by atoms with E-state index in [4.69, 9.17) is 9.84 Å². The SMILES string of the molecule is O=C(O)c1ccc(OC(CC2CCCCC2)c2ccc(-c3ccc(C(F)(F)F)cc3)nc2)cc1. The van der Waals surface area contributed by atoms with Crippen molar-refractivity contribution in [2.75, 3.05) is 0 Å². The molecule has 0 amide bonds. The third-order valence-electron chi connectivity index (χ3n) is 6.32. The van der Waals surface area contributed by atoms with E-state index in [0.717, 1.165) is 37.0 Å². The van der Waals surface area contributed by atoms with Gasteiger partial charge in [0.15, 0.2) is 0 Å². The average molecular weight is 470 g/mol. The number of alkyl halides is 3. The average Bonchev–Trinajstić information content (AvgIpc) is 2.84. The number of carboxylic acids is 1. The van der Waals surface area contributed by atoms with Crippen LogP contribution in [0.1, 0.15) is 66.1 Å². The molecular formula is C27H26F3NO3. The lowest BCUT2D eigenvalue weighted by molar-refractivity contribution is -0.137. The number of benzene rings is 2. The summed E-state index contributed by atoms with van der Waals surface area (Å²) in [6.07, 6.45) is 3.86. The second-order valence-corrected chi connectivity index (χ2v) is 8.73. The van der Waals surface area contributed by atoms with Crippen LogP contribution in [0.15, 0.2) is 66.9 Å². The molecule has 0 radical (unpaired) electrons. The highest BCUT2D eigenvalue weighted by atomic mass is 19.4. The number of halogens is 3. The van der Waals surface area contributed by atoms with Crippen LogP contribution in [0.25, 0.3) is 11.3 Å². The van der Waals surface area contributed by atoms with Crippen molar-refractivity contribution in [2.24, 2.45) is 5.92 Å². The Hall–Kier alpha value is -3.35. The molecule has 0 saturated heterocycles. The zero-order valence-electron chi connectivity index (χ0n) is 18.6. The van der Waals surface area contributed by atoms with Crippen molar-refractivity contribution in [3.05, 3.63) is 83.6 Å². The highest BCUT2D eigenvalue weighted by Crippen LogP contribution is 2.35. The van der Waals surface area contributed by atoms with E-state index in [-0.39, 0.29) is 11.7 Å². The minimum absolute atomic E-state index is 0.193. The molecule has 178 valence electrons. The minimum atomic E-state index is -4.37. The lowest BCUT2D eigenvalue weighted by Crippen LogP contribution is -2.16. The number of rotatable bonds is 7. The molecular weight excluding hydrogens is 443 g/mol. The first-order chi connectivity index (χ1) is 16.3.